The molecule has 2 heterocycles. The molecule has 110 valence electrons. The summed E-state index contributed by atoms with van der Waals surface area (Å²) in [7, 11) is 0. The van der Waals surface area contributed by atoms with Gasteiger partial charge in [-0.05, 0) is 37.8 Å². The van der Waals surface area contributed by atoms with Crippen LogP contribution in [0.15, 0.2) is 0 Å². The van der Waals surface area contributed by atoms with Gasteiger partial charge in [0.2, 0.25) is 5.13 Å². The first-order chi connectivity index (χ1) is 9.41. The van der Waals surface area contributed by atoms with Crippen molar-refractivity contribution in [3.8, 4) is 0 Å². The summed E-state index contributed by atoms with van der Waals surface area (Å²) in [6.07, 6.45) is 1.60. The average Bonchev–Trinajstić information content (AvgIpc) is 2.91. The summed E-state index contributed by atoms with van der Waals surface area (Å²) < 4.78 is 3.57. The number of aromatic nitrogens is 3. The SMILES string of the molecule is CC(C)(C(=O)O)C1CCCN(C(=O)Nc2nnns2)C1. The molecule has 1 aliphatic heterocycles. The zero-order valence-electron chi connectivity index (χ0n) is 11.4. The first-order valence-electron chi connectivity index (χ1n) is 6.35. The highest BCUT2D eigenvalue weighted by Gasteiger charge is 2.40. The molecule has 2 amide bonds. The maximum absolute atomic E-state index is 12.1. The van der Waals surface area contributed by atoms with Crippen LogP contribution in [0.1, 0.15) is 26.7 Å². The Morgan fingerprint density at radius 3 is 2.85 bits per heavy atom. The molecule has 1 aromatic heterocycles. The van der Waals surface area contributed by atoms with Crippen LogP contribution in [0, 0.1) is 11.3 Å². The fourth-order valence-electron chi connectivity index (χ4n) is 2.28. The Labute approximate surface area is 120 Å². The van der Waals surface area contributed by atoms with Gasteiger partial charge in [0.15, 0.2) is 0 Å². The van der Waals surface area contributed by atoms with E-state index < -0.39 is 11.4 Å². The third-order valence-electron chi connectivity index (χ3n) is 3.79. The molecule has 1 unspecified atom stereocenters. The number of rotatable bonds is 3. The number of anilines is 1. The van der Waals surface area contributed by atoms with Crippen molar-refractivity contribution in [2.24, 2.45) is 11.3 Å². The molecule has 0 aromatic carbocycles. The molecule has 8 nitrogen and oxygen atoms in total. The summed E-state index contributed by atoms with van der Waals surface area (Å²) in [6.45, 7) is 4.45. The van der Waals surface area contributed by atoms with Crippen molar-refractivity contribution < 1.29 is 14.7 Å². The van der Waals surface area contributed by atoms with Gasteiger partial charge in [0.1, 0.15) is 0 Å². The Bertz CT molecular complexity index is 490. The molecule has 20 heavy (non-hydrogen) atoms. The highest BCUT2D eigenvalue weighted by atomic mass is 32.1. The molecule has 1 aromatic rings. The van der Waals surface area contributed by atoms with Gasteiger partial charge in [0.25, 0.3) is 0 Å². The fourth-order valence-corrected chi connectivity index (χ4v) is 2.63. The van der Waals surface area contributed by atoms with Gasteiger partial charge in [-0.3, -0.25) is 10.1 Å². The largest absolute Gasteiger partial charge is 0.481 e. The number of carbonyl (C=O) groups is 2. The number of carboxylic acids is 1. The minimum atomic E-state index is -0.844. The van der Waals surface area contributed by atoms with Gasteiger partial charge in [0.05, 0.1) is 5.41 Å². The molecule has 0 saturated carbocycles. The van der Waals surface area contributed by atoms with Crippen molar-refractivity contribution in [1.29, 1.82) is 0 Å². The van der Waals surface area contributed by atoms with E-state index in [1.54, 1.807) is 18.7 Å². The van der Waals surface area contributed by atoms with Crippen LogP contribution in [0.2, 0.25) is 0 Å². The first-order valence-corrected chi connectivity index (χ1v) is 7.13. The number of carboxylic acid groups (broad SMARTS) is 1. The minimum Gasteiger partial charge on any atom is -0.481 e. The second-order valence-electron chi connectivity index (χ2n) is 5.41. The lowest BCUT2D eigenvalue weighted by atomic mass is 9.74. The number of piperidine rings is 1. The number of amides is 2. The number of aliphatic carboxylic acids is 1. The van der Waals surface area contributed by atoms with Crippen molar-refractivity contribution in [2.75, 3.05) is 18.4 Å². The van der Waals surface area contributed by atoms with E-state index in [9.17, 15) is 14.7 Å². The Balaban J connectivity index is 2.00. The molecule has 0 bridgehead atoms. The van der Waals surface area contributed by atoms with Crippen molar-refractivity contribution in [2.45, 2.75) is 26.7 Å². The Kier molecular flexibility index (Phi) is 4.17. The molecule has 0 radical (unpaired) electrons. The number of likely N-dealkylation sites (tertiary alicyclic amines) is 1. The van der Waals surface area contributed by atoms with Gasteiger partial charge in [-0.2, -0.15) is 0 Å². The van der Waals surface area contributed by atoms with E-state index in [4.69, 9.17) is 0 Å². The lowest BCUT2D eigenvalue weighted by Gasteiger charge is -2.38. The Morgan fingerprint density at radius 1 is 1.50 bits per heavy atom. The van der Waals surface area contributed by atoms with Gasteiger partial charge in [-0.25, -0.2) is 4.79 Å². The zero-order valence-corrected chi connectivity index (χ0v) is 12.2. The molecule has 0 aliphatic carbocycles. The van der Waals surface area contributed by atoms with Crippen molar-refractivity contribution in [1.82, 2.24) is 19.7 Å². The minimum absolute atomic E-state index is 0.0629. The number of nitrogens with one attached hydrogen (secondary N) is 1. The first kappa shape index (κ1) is 14.6. The van der Waals surface area contributed by atoms with Gasteiger partial charge in [-0.15, -0.1) is 0 Å². The topological polar surface area (TPSA) is 108 Å². The number of hydrogen-bond donors (Lipinski definition) is 2. The van der Waals surface area contributed by atoms with Crippen LogP contribution >= 0.6 is 11.5 Å². The number of hydrogen-bond acceptors (Lipinski definition) is 6. The normalized spacial score (nSPS) is 19.7. The highest BCUT2D eigenvalue weighted by Crippen LogP contribution is 2.34. The summed E-state index contributed by atoms with van der Waals surface area (Å²) in [4.78, 5) is 25.0. The number of carbonyl (C=O) groups excluding carboxylic acids is 1. The van der Waals surface area contributed by atoms with Crippen LogP contribution in [-0.4, -0.2) is 49.9 Å². The van der Waals surface area contributed by atoms with E-state index in [-0.39, 0.29) is 11.9 Å². The zero-order chi connectivity index (χ0) is 14.8. The Morgan fingerprint density at radius 2 is 2.25 bits per heavy atom. The van der Waals surface area contributed by atoms with Gasteiger partial charge >= 0.3 is 12.0 Å². The quantitative estimate of drug-likeness (QED) is 0.870. The average molecular weight is 299 g/mol. The van der Waals surface area contributed by atoms with Gasteiger partial charge in [0, 0.05) is 24.6 Å². The van der Waals surface area contributed by atoms with Gasteiger partial charge < -0.3 is 10.0 Å². The monoisotopic (exact) mass is 299 g/mol. The molecular weight excluding hydrogens is 282 g/mol. The van der Waals surface area contributed by atoms with E-state index in [1.165, 1.54) is 0 Å². The molecule has 2 N–H and O–H groups in total. The van der Waals surface area contributed by atoms with Crippen molar-refractivity contribution >= 4 is 28.7 Å². The summed E-state index contributed by atoms with van der Waals surface area (Å²) in [6, 6.07) is -0.283. The third kappa shape index (κ3) is 3.03. The molecule has 0 spiro atoms. The number of urea groups is 1. The van der Waals surface area contributed by atoms with E-state index in [1.807, 2.05) is 0 Å². The summed E-state index contributed by atoms with van der Waals surface area (Å²) in [5.41, 5.74) is -0.844. The van der Waals surface area contributed by atoms with Crippen molar-refractivity contribution in [3.05, 3.63) is 0 Å². The van der Waals surface area contributed by atoms with Crippen molar-refractivity contribution in [3.63, 3.8) is 0 Å². The second kappa shape index (κ2) is 5.70. The lowest BCUT2D eigenvalue weighted by Crippen LogP contribution is -2.48. The fraction of sp³-hybridized carbons (Fsp3) is 0.727. The highest BCUT2D eigenvalue weighted by molar-refractivity contribution is 7.09. The van der Waals surface area contributed by atoms with Gasteiger partial charge in [-0.1, -0.05) is 9.59 Å². The molecule has 1 aliphatic rings. The maximum Gasteiger partial charge on any atom is 0.323 e. The molecule has 2 rings (SSSR count). The molecule has 1 atom stereocenters. The van der Waals surface area contributed by atoms with E-state index in [0.29, 0.717) is 18.2 Å². The van der Waals surface area contributed by atoms with Crippen LogP contribution in [-0.2, 0) is 4.79 Å². The smallest absolute Gasteiger partial charge is 0.323 e. The molecule has 9 heteroatoms. The standard InChI is InChI=1S/C11H17N5O3S/c1-11(2,8(17)18)7-4-3-5-16(6-7)10(19)12-9-13-14-15-20-9/h7H,3-6H2,1-2H3,(H,17,18)(H,12,13,15,19). The lowest BCUT2D eigenvalue weighted by molar-refractivity contribution is -0.151. The predicted molar refractivity (Wildman–Crippen MR) is 72.4 cm³/mol. The van der Waals surface area contributed by atoms with Crippen LogP contribution in [0.5, 0.6) is 0 Å². The third-order valence-corrected chi connectivity index (χ3v) is 4.30. The van der Waals surface area contributed by atoms with E-state index in [2.05, 4.69) is 20.1 Å². The van der Waals surface area contributed by atoms with E-state index in [0.717, 1.165) is 24.4 Å². The Hall–Kier alpha value is -1.77. The number of nitrogens with zero attached hydrogens (tertiary/aromatic N) is 4. The van der Waals surface area contributed by atoms with Crippen LogP contribution < -0.4 is 5.32 Å². The van der Waals surface area contributed by atoms with Crippen LogP contribution in [0.4, 0.5) is 9.93 Å². The summed E-state index contributed by atoms with van der Waals surface area (Å²) >= 11 is 1.00. The molecule has 1 saturated heterocycles. The molecular formula is C11H17N5O3S. The second-order valence-corrected chi connectivity index (χ2v) is 6.14. The van der Waals surface area contributed by atoms with Crippen LogP contribution in [0.25, 0.3) is 0 Å². The summed E-state index contributed by atoms with van der Waals surface area (Å²) in [5.74, 6) is -0.898. The van der Waals surface area contributed by atoms with E-state index >= 15 is 0 Å². The predicted octanol–water partition coefficient (Wildman–Crippen LogP) is 1.29. The summed E-state index contributed by atoms with van der Waals surface area (Å²) in [5, 5.41) is 19.3. The van der Waals surface area contributed by atoms with Crippen LogP contribution in [0.3, 0.4) is 0 Å². The maximum atomic E-state index is 12.1. The molecule has 1 fully saturated rings.